The van der Waals surface area contributed by atoms with Crippen LogP contribution in [0.4, 0.5) is 0 Å². The topological polar surface area (TPSA) is 307 Å². The van der Waals surface area contributed by atoms with Gasteiger partial charge in [-0.2, -0.15) is 0 Å². The van der Waals surface area contributed by atoms with Gasteiger partial charge in [0.15, 0.2) is 0 Å². The Balaban J connectivity index is 5.21. The largest absolute Gasteiger partial charge is 0.480 e. The number of carboxylic acids is 1. The minimum atomic E-state index is -1.63. The molecule has 0 bridgehead atoms. The van der Waals surface area contributed by atoms with Gasteiger partial charge in [0, 0.05) is 0 Å². The van der Waals surface area contributed by atoms with Crippen LogP contribution in [0.25, 0.3) is 0 Å². The summed E-state index contributed by atoms with van der Waals surface area (Å²) in [6.07, 6.45) is -1.41. The van der Waals surface area contributed by atoms with Gasteiger partial charge in [-0.25, -0.2) is 0 Å². The summed E-state index contributed by atoms with van der Waals surface area (Å²) in [6, 6.07) is -5.31. The second-order valence-corrected chi connectivity index (χ2v) is 9.89. The van der Waals surface area contributed by atoms with Crippen LogP contribution in [0.2, 0.25) is 0 Å². The van der Waals surface area contributed by atoms with Gasteiger partial charge in [0.25, 0.3) is 0 Å². The Labute approximate surface area is 247 Å². The molecule has 12 N–H and O–H groups in total. The van der Waals surface area contributed by atoms with E-state index in [4.69, 9.17) is 10.8 Å². The van der Waals surface area contributed by atoms with Crippen molar-refractivity contribution in [3.05, 3.63) is 0 Å². The molecule has 0 aromatic rings. The molecule has 0 aliphatic rings. The van der Waals surface area contributed by atoms with Crippen molar-refractivity contribution in [3.63, 3.8) is 0 Å². The van der Waals surface area contributed by atoms with Gasteiger partial charge in [0.05, 0.1) is 38.4 Å². The molecule has 0 aliphatic heterocycles. The van der Waals surface area contributed by atoms with Gasteiger partial charge in [-0.1, -0.05) is 13.8 Å². The average molecular weight is 619 g/mol. The third-order valence-electron chi connectivity index (χ3n) is 5.38. The van der Waals surface area contributed by atoms with Crippen LogP contribution in [0.15, 0.2) is 0 Å². The molecule has 0 saturated heterocycles. The Kier molecular flexibility index (Phi) is 17.7. The molecule has 0 fully saturated rings. The molecular weight excluding hydrogens is 576 g/mol. The van der Waals surface area contributed by atoms with E-state index in [1.165, 1.54) is 13.8 Å². The predicted octanol–water partition coefficient (Wildman–Crippen LogP) is -6.24. The Morgan fingerprint density at radius 2 is 1.14 bits per heavy atom. The molecule has 0 aromatic carbocycles. The number of nitrogens with one attached hydrogen (secondary N) is 7. The highest BCUT2D eigenvalue weighted by molar-refractivity contribution is 5.96. The van der Waals surface area contributed by atoms with Crippen molar-refractivity contribution >= 4 is 47.3 Å². The maximum Gasteiger partial charge on any atom is 0.322 e. The number of amides is 7. The van der Waals surface area contributed by atoms with E-state index in [0.29, 0.717) is 0 Å². The number of carbonyl (C=O) groups excluding carboxylic acids is 7. The minimum absolute atomic E-state index is 0.0831. The highest BCUT2D eigenvalue weighted by atomic mass is 16.4. The van der Waals surface area contributed by atoms with Gasteiger partial charge in [-0.15, -0.1) is 0 Å². The number of aliphatic hydroxyl groups is 2. The van der Waals surface area contributed by atoms with E-state index in [9.17, 15) is 48.6 Å². The van der Waals surface area contributed by atoms with Crippen molar-refractivity contribution in [2.24, 2.45) is 11.7 Å². The number of nitrogens with two attached hydrogens (primary N) is 1. The van der Waals surface area contributed by atoms with E-state index in [-0.39, 0.29) is 12.3 Å². The average Bonchev–Trinajstić information content (AvgIpc) is 2.92. The Morgan fingerprint density at radius 1 is 0.628 bits per heavy atom. The van der Waals surface area contributed by atoms with Crippen molar-refractivity contribution in [2.45, 2.75) is 64.4 Å². The summed E-state index contributed by atoms with van der Waals surface area (Å²) in [5.41, 5.74) is 5.38. The smallest absolute Gasteiger partial charge is 0.322 e. The second kappa shape index (κ2) is 19.7. The van der Waals surface area contributed by atoms with Crippen LogP contribution >= 0.6 is 0 Å². The number of carbonyl (C=O) groups is 8. The van der Waals surface area contributed by atoms with Crippen LogP contribution < -0.4 is 43.0 Å². The lowest BCUT2D eigenvalue weighted by atomic mass is 10.0. The van der Waals surface area contributed by atoms with Gasteiger partial charge in [-0.3, -0.25) is 38.4 Å². The third-order valence-corrected chi connectivity index (χ3v) is 5.38. The van der Waals surface area contributed by atoms with E-state index >= 15 is 0 Å². The quantitative estimate of drug-likeness (QED) is 0.0644. The van der Waals surface area contributed by atoms with E-state index < -0.39 is 110 Å². The zero-order valence-corrected chi connectivity index (χ0v) is 24.4. The maximum atomic E-state index is 13.0. The lowest BCUT2D eigenvalue weighted by molar-refractivity contribution is -0.138. The number of aliphatic hydroxyl groups excluding tert-OH is 2. The highest BCUT2D eigenvalue weighted by Crippen LogP contribution is 2.06. The molecule has 0 radical (unpaired) electrons. The molecule has 7 amide bonds. The van der Waals surface area contributed by atoms with Crippen LogP contribution in [0.3, 0.4) is 0 Å². The molecule has 0 heterocycles. The molecule has 0 aliphatic carbocycles. The Bertz CT molecular complexity index is 1020. The number of carboxylic acid groups (broad SMARTS) is 1. The van der Waals surface area contributed by atoms with E-state index in [1.54, 1.807) is 13.8 Å². The molecule has 0 saturated carbocycles. The number of rotatable bonds is 19. The standard InChI is InChI=1S/C24H42N8O11/c1-11(2)5-14(22(41)29-7-17(36)26-6-16(35)27-9-19(38)39)31-24(43)20(13(4)34)32-23(42)15(10-33)30-18(37)8-28-21(40)12(3)25/h11-15,20,33-34H,5-10,25H2,1-4H3,(H,26,36)(H,27,35)(H,28,40)(H,29,41)(H,30,37)(H,31,43)(H,32,42)(H,38,39)/t12-,13+,14-,15-,20-/m0/s1. The monoisotopic (exact) mass is 618 g/mol. The number of hydrogen-bond acceptors (Lipinski definition) is 11. The van der Waals surface area contributed by atoms with E-state index in [1.807, 2.05) is 5.32 Å². The summed E-state index contributed by atoms with van der Waals surface area (Å²) in [6.45, 7) is 2.84. The van der Waals surface area contributed by atoms with Gasteiger partial charge < -0.3 is 58.3 Å². The fourth-order valence-corrected chi connectivity index (χ4v) is 3.16. The molecule has 19 heteroatoms. The third kappa shape index (κ3) is 16.6. The summed E-state index contributed by atoms with van der Waals surface area (Å²) >= 11 is 0. The van der Waals surface area contributed by atoms with Gasteiger partial charge >= 0.3 is 5.97 Å². The summed E-state index contributed by atoms with van der Waals surface area (Å²) in [5.74, 6) is -7.28. The fraction of sp³-hybridized carbons (Fsp3) is 0.667. The molecule has 5 atom stereocenters. The Hall–Kier alpha value is -4.36. The Morgan fingerprint density at radius 3 is 1.63 bits per heavy atom. The molecule has 0 spiro atoms. The van der Waals surface area contributed by atoms with Crippen molar-refractivity contribution < 1.29 is 53.7 Å². The first-order valence-corrected chi connectivity index (χ1v) is 13.2. The predicted molar refractivity (Wildman–Crippen MR) is 147 cm³/mol. The van der Waals surface area contributed by atoms with Crippen molar-refractivity contribution in [3.8, 4) is 0 Å². The molecule has 0 rings (SSSR count). The van der Waals surface area contributed by atoms with Gasteiger partial charge in [-0.05, 0) is 26.2 Å². The first-order valence-electron chi connectivity index (χ1n) is 13.2. The first kappa shape index (κ1) is 38.6. The summed E-state index contributed by atoms with van der Waals surface area (Å²) in [4.78, 5) is 95.9. The number of aliphatic carboxylic acids is 1. The van der Waals surface area contributed by atoms with Gasteiger partial charge in [0.2, 0.25) is 41.4 Å². The minimum Gasteiger partial charge on any atom is -0.480 e. The SMILES string of the molecule is CC(C)C[C@H](NC(=O)[C@@H](NC(=O)[C@H](CO)NC(=O)CNC(=O)[C@H](C)N)[C@@H](C)O)C(=O)NCC(=O)NCC(=O)NCC(=O)O. The molecule has 244 valence electrons. The van der Waals surface area contributed by atoms with Crippen molar-refractivity contribution in [1.29, 1.82) is 0 Å². The zero-order valence-electron chi connectivity index (χ0n) is 24.4. The van der Waals surface area contributed by atoms with Crippen molar-refractivity contribution in [1.82, 2.24) is 37.2 Å². The first-order chi connectivity index (χ1) is 20.0. The van der Waals surface area contributed by atoms with Crippen LogP contribution in [0, 0.1) is 5.92 Å². The molecule has 0 aromatic heterocycles. The zero-order chi connectivity index (χ0) is 33.3. The molecule has 0 unspecified atom stereocenters. The highest BCUT2D eigenvalue weighted by Gasteiger charge is 2.32. The fourth-order valence-electron chi connectivity index (χ4n) is 3.16. The van der Waals surface area contributed by atoms with E-state index in [2.05, 4.69) is 31.9 Å². The summed E-state index contributed by atoms with van der Waals surface area (Å²) in [7, 11) is 0. The molecule has 43 heavy (non-hydrogen) atoms. The van der Waals surface area contributed by atoms with Crippen LogP contribution in [0.1, 0.15) is 34.1 Å². The van der Waals surface area contributed by atoms with Crippen molar-refractivity contribution in [2.75, 3.05) is 32.8 Å². The lowest BCUT2D eigenvalue weighted by Gasteiger charge is -2.27. The van der Waals surface area contributed by atoms with Crippen LogP contribution in [0.5, 0.6) is 0 Å². The van der Waals surface area contributed by atoms with E-state index in [0.717, 1.165) is 0 Å². The molecule has 19 nitrogen and oxygen atoms in total. The number of hydrogen-bond donors (Lipinski definition) is 11. The molecular formula is C24H42N8O11. The summed E-state index contributed by atoms with van der Waals surface area (Å²) < 4.78 is 0. The maximum absolute atomic E-state index is 13.0. The van der Waals surface area contributed by atoms with Crippen LogP contribution in [-0.4, -0.2) is 126 Å². The second-order valence-electron chi connectivity index (χ2n) is 9.89. The summed E-state index contributed by atoms with van der Waals surface area (Å²) in [5, 5.41) is 43.7. The normalized spacial score (nSPS) is 14.1. The van der Waals surface area contributed by atoms with Crippen LogP contribution in [-0.2, 0) is 38.4 Å². The van der Waals surface area contributed by atoms with Gasteiger partial charge in [0.1, 0.15) is 24.7 Å². The lowest BCUT2D eigenvalue weighted by Crippen LogP contribution is -2.61.